The number of hydrogen-bond acceptors (Lipinski definition) is 4. The van der Waals surface area contributed by atoms with Gasteiger partial charge in [0.1, 0.15) is 23.0 Å². The third kappa shape index (κ3) is 9.90. The first-order chi connectivity index (χ1) is 22.7. The van der Waals surface area contributed by atoms with Crippen molar-refractivity contribution in [3.8, 4) is 23.0 Å². The van der Waals surface area contributed by atoms with E-state index in [4.69, 9.17) is 18.9 Å². The Hall–Kier alpha value is -5.22. The third-order valence-corrected chi connectivity index (χ3v) is 7.18. The number of hydrogen-bond donors (Lipinski definition) is 0. The van der Waals surface area contributed by atoms with Crippen LogP contribution in [0.1, 0.15) is 47.9 Å². The van der Waals surface area contributed by atoms with Crippen LogP contribution in [0.2, 0.25) is 0 Å². The van der Waals surface area contributed by atoms with Crippen molar-refractivity contribution in [3.63, 3.8) is 0 Å². The van der Waals surface area contributed by atoms with Crippen molar-refractivity contribution < 1.29 is 18.9 Å². The van der Waals surface area contributed by atoms with Gasteiger partial charge in [0, 0.05) is 0 Å². The summed E-state index contributed by atoms with van der Waals surface area (Å²) in [4.78, 5) is 0. The number of ether oxygens (including phenoxy) is 4. The zero-order valence-corrected chi connectivity index (χ0v) is 26.7. The SMILES string of the molecule is C=CCCOc1ccc(C(=C(c2ccc(OCCC=C)cc2)c2ccc(OCCC=C)cc2)c2ccc(OCCC=C)cc2)cc1. The van der Waals surface area contributed by atoms with Gasteiger partial charge in [0.05, 0.1) is 26.4 Å². The summed E-state index contributed by atoms with van der Waals surface area (Å²) in [5.41, 5.74) is 6.40. The quantitative estimate of drug-likeness (QED) is 0.0565. The smallest absolute Gasteiger partial charge is 0.119 e. The summed E-state index contributed by atoms with van der Waals surface area (Å²) in [5.74, 6) is 3.28. The van der Waals surface area contributed by atoms with Crippen LogP contribution in [0.5, 0.6) is 23.0 Å². The minimum absolute atomic E-state index is 0.590. The average molecular weight is 613 g/mol. The zero-order chi connectivity index (χ0) is 32.4. The molecule has 0 spiro atoms. The maximum Gasteiger partial charge on any atom is 0.119 e. The van der Waals surface area contributed by atoms with Crippen molar-refractivity contribution in [2.24, 2.45) is 0 Å². The number of benzene rings is 4. The summed E-state index contributed by atoms with van der Waals surface area (Å²) >= 11 is 0. The van der Waals surface area contributed by atoms with Gasteiger partial charge >= 0.3 is 0 Å². The van der Waals surface area contributed by atoms with Crippen molar-refractivity contribution in [2.75, 3.05) is 26.4 Å². The van der Waals surface area contributed by atoms with E-state index in [-0.39, 0.29) is 0 Å². The van der Waals surface area contributed by atoms with Gasteiger partial charge in [-0.2, -0.15) is 0 Å². The molecule has 0 unspecified atom stereocenters. The summed E-state index contributed by atoms with van der Waals surface area (Å²) in [6.07, 6.45) is 10.6. The zero-order valence-electron chi connectivity index (χ0n) is 26.7. The van der Waals surface area contributed by atoms with E-state index in [1.54, 1.807) is 0 Å². The molecule has 46 heavy (non-hydrogen) atoms. The monoisotopic (exact) mass is 612 g/mol. The van der Waals surface area contributed by atoms with Gasteiger partial charge in [0.2, 0.25) is 0 Å². The van der Waals surface area contributed by atoms with Crippen molar-refractivity contribution in [1.29, 1.82) is 0 Å². The van der Waals surface area contributed by atoms with Gasteiger partial charge in [-0.15, -0.1) is 26.3 Å². The van der Waals surface area contributed by atoms with Gasteiger partial charge in [0.25, 0.3) is 0 Å². The highest BCUT2D eigenvalue weighted by molar-refractivity contribution is 6.04. The lowest BCUT2D eigenvalue weighted by Gasteiger charge is -2.19. The van der Waals surface area contributed by atoms with E-state index in [9.17, 15) is 0 Å². The largest absolute Gasteiger partial charge is 0.493 e. The fraction of sp³-hybridized carbons (Fsp3) is 0.190. The maximum absolute atomic E-state index is 5.94. The van der Waals surface area contributed by atoms with Crippen LogP contribution in [0.25, 0.3) is 11.1 Å². The maximum atomic E-state index is 5.94. The Labute approximate surface area is 274 Å². The van der Waals surface area contributed by atoms with Gasteiger partial charge in [-0.1, -0.05) is 72.8 Å². The lowest BCUT2D eigenvalue weighted by atomic mass is 9.85. The second-order valence-electron chi connectivity index (χ2n) is 10.6. The average Bonchev–Trinajstić information content (AvgIpc) is 3.09. The predicted octanol–water partition coefficient (Wildman–Crippen LogP) is 10.5. The van der Waals surface area contributed by atoms with E-state index in [0.717, 1.165) is 82.1 Å². The molecular weight excluding hydrogens is 568 g/mol. The molecule has 0 radical (unpaired) electrons. The Morgan fingerprint density at radius 2 is 0.543 bits per heavy atom. The van der Waals surface area contributed by atoms with Crippen LogP contribution in [0.3, 0.4) is 0 Å². The normalized spacial score (nSPS) is 10.3. The minimum atomic E-state index is 0.590. The van der Waals surface area contributed by atoms with Crippen LogP contribution < -0.4 is 18.9 Å². The lowest BCUT2D eigenvalue weighted by Crippen LogP contribution is -2.01. The van der Waals surface area contributed by atoms with Crippen LogP contribution in [0, 0.1) is 0 Å². The molecule has 0 bridgehead atoms. The molecule has 4 aromatic rings. The summed E-state index contributed by atoms with van der Waals surface area (Å²) in [6, 6.07) is 33.1. The molecule has 0 aliphatic carbocycles. The predicted molar refractivity (Wildman–Crippen MR) is 192 cm³/mol. The molecule has 0 aliphatic rings. The van der Waals surface area contributed by atoms with E-state index in [0.29, 0.717) is 26.4 Å². The molecule has 0 aromatic heterocycles. The Bertz CT molecular complexity index is 1320. The van der Waals surface area contributed by atoms with Crippen LogP contribution in [0.4, 0.5) is 0 Å². The molecule has 0 N–H and O–H groups in total. The molecule has 4 rings (SSSR count). The molecular formula is C42H44O4. The van der Waals surface area contributed by atoms with Gasteiger partial charge in [-0.05, 0) is 108 Å². The van der Waals surface area contributed by atoms with Crippen molar-refractivity contribution in [2.45, 2.75) is 25.7 Å². The molecule has 0 atom stereocenters. The summed E-state index contributed by atoms with van der Waals surface area (Å²) in [5, 5.41) is 0. The molecule has 0 fully saturated rings. The first kappa shape index (κ1) is 33.7. The summed E-state index contributed by atoms with van der Waals surface area (Å²) < 4.78 is 23.7. The van der Waals surface area contributed by atoms with Gasteiger partial charge in [0.15, 0.2) is 0 Å². The third-order valence-electron chi connectivity index (χ3n) is 7.18. The highest BCUT2D eigenvalue weighted by Gasteiger charge is 2.17. The van der Waals surface area contributed by atoms with Crippen LogP contribution in [-0.2, 0) is 0 Å². The first-order valence-corrected chi connectivity index (χ1v) is 15.8. The molecule has 236 valence electrons. The molecule has 0 saturated heterocycles. The molecule has 4 nitrogen and oxygen atoms in total. The van der Waals surface area contributed by atoms with Gasteiger partial charge in [-0.3, -0.25) is 0 Å². The van der Waals surface area contributed by atoms with Crippen LogP contribution in [-0.4, -0.2) is 26.4 Å². The van der Waals surface area contributed by atoms with E-state index in [1.165, 1.54) is 0 Å². The minimum Gasteiger partial charge on any atom is -0.493 e. The van der Waals surface area contributed by atoms with Gasteiger partial charge in [-0.25, -0.2) is 0 Å². The molecule has 0 amide bonds. The molecule has 0 heterocycles. The molecule has 0 aliphatic heterocycles. The highest BCUT2D eigenvalue weighted by atomic mass is 16.5. The Kier molecular flexibility index (Phi) is 13.6. The molecule has 4 aromatic carbocycles. The van der Waals surface area contributed by atoms with E-state index in [1.807, 2.05) is 72.8 Å². The highest BCUT2D eigenvalue weighted by Crippen LogP contribution is 2.39. The summed E-state index contributed by atoms with van der Waals surface area (Å²) in [6.45, 7) is 17.5. The van der Waals surface area contributed by atoms with E-state index < -0.39 is 0 Å². The Morgan fingerprint density at radius 1 is 0.348 bits per heavy atom. The summed E-state index contributed by atoms with van der Waals surface area (Å²) in [7, 11) is 0. The van der Waals surface area contributed by atoms with E-state index >= 15 is 0 Å². The van der Waals surface area contributed by atoms with Gasteiger partial charge < -0.3 is 18.9 Å². The topological polar surface area (TPSA) is 36.9 Å². The van der Waals surface area contributed by atoms with Crippen molar-refractivity contribution >= 4 is 11.1 Å². The Balaban J connectivity index is 1.85. The molecule has 4 heteroatoms. The van der Waals surface area contributed by atoms with Crippen LogP contribution >= 0.6 is 0 Å². The molecule has 0 saturated carbocycles. The van der Waals surface area contributed by atoms with E-state index in [2.05, 4.69) is 74.8 Å². The fourth-order valence-corrected chi connectivity index (χ4v) is 4.82. The Morgan fingerprint density at radius 3 is 0.717 bits per heavy atom. The second-order valence-corrected chi connectivity index (χ2v) is 10.6. The second kappa shape index (κ2) is 18.6. The van der Waals surface area contributed by atoms with Crippen LogP contribution in [0.15, 0.2) is 148 Å². The van der Waals surface area contributed by atoms with Crippen molar-refractivity contribution in [3.05, 3.63) is 170 Å². The lowest BCUT2D eigenvalue weighted by molar-refractivity contribution is 0.325. The fourth-order valence-electron chi connectivity index (χ4n) is 4.82. The van der Waals surface area contributed by atoms with Crippen molar-refractivity contribution in [1.82, 2.24) is 0 Å². The first-order valence-electron chi connectivity index (χ1n) is 15.8. The number of rotatable bonds is 20. The standard InChI is InChI=1S/C42H44O4/c1-5-9-29-43-37-21-13-33(14-22-37)41(34-15-23-38(24-16-34)44-30-10-6-2)42(35-17-25-39(26-18-35)45-31-11-7-3)36-19-27-40(28-20-36)46-32-12-8-4/h5-8,13-28H,1-4,9-12,29-32H2.